The van der Waals surface area contributed by atoms with Crippen LogP contribution in [0.3, 0.4) is 0 Å². The summed E-state index contributed by atoms with van der Waals surface area (Å²) in [6, 6.07) is 5.89. The Bertz CT molecular complexity index is 924. The molecule has 1 aromatic heterocycles. The first-order valence-corrected chi connectivity index (χ1v) is 9.51. The second-order valence-electron chi connectivity index (χ2n) is 7.47. The lowest BCUT2D eigenvalue weighted by atomic mass is 9.97. The molecule has 3 rings (SSSR count). The fourth-order valence-electron chi connectivity index (χ4n) is 3.28. The van der Waals surface area contributed by atoms with Crippen LogP contribution >= 0.6 is 11.6 Å². The molecule has 0 bridgehead atoms. The summed E-state index contributed by atoms with van der Waals surface area (Å²) >= 11 is 6.24. The number of hydrogen-bond acceptors (Lipinski definition) is 2. The normalized spacial score (nSPS) is 13.6. The molecule has 0 aliphatic heterocycles. The van der Waals surface area contributed by atoms with E-state index in [-0.39, 0.29) is 17.5 Å². The number of allylic oxidation sites excluding steroid dienone is 2. The zero-order valence-corrected chi connectivity index (χ0v) is 17.2. The smallest absolute Gasteiger partial charge is 0.260 e. The van der Waals surface area contributed by atoms with E-state index in [0.717, 1.165) is 34.2 Å². The van der Waals surface area contributed by atoms with Gasteiger partial charge in [-0.15, -0.1) is 0 Å². The van der Waals surface area contributed by atoms with Crippen molar-refractivity contribution in [3.8, 4) is 0 Å². The lowest BCUT2D eigenvalue weighted by Gasteiger charge is -2.24. The molecular weight excluding hydrogens is 365 g/mol. The highest BCUT2D eigenvalue weighted by atomic mass is 35.5. The molecule has 1 heterocycles. The lowest BCUT2D eigenvalue weighted by Crippen LogP contribution is -2.33. The maximum Gasteiger partial charge on any atom is 0.260 e. The summed E-state index contributed by atoms with van der Waals surface area (Å²) < 4.78 is 15.6. The van der Waals surface area contributed by atoms with E-state index in [1.54, 1.807) is 11.8 Å². The first-order valence-electron chi connectivity index (χ1n) is 9.13. The van der Waals surface area contributed by atoms with E-state index in [2.05, 4.69) is 25.9 Å². The fourth-order valence-corrected chi connectivity index (χ4v) is 3.48. The van der Waals surface area contributed by atoms with E-state index in [4.69, 9.17) is 11.6 Å². The second-order valence-corrected chi connectivity index (χ2v) is 7.90. The second kappa shape index (κ2) is 7.47. The number of benzene rings is 1. The average molecular weight is 390 g/mol. The van der Waals surface area contributed by atoms with Crippen molar-refractivity contribution in [3.63, 3.8) is 0 Å². The summed E-state index contributed by atoms with van der Waals surface area (Å²) in [6.45, 7) is 8.26. The van der Waals surface area contributed by atoms with Gasteiger partial charge in [0.2, 0.25) is 5.95 Å². The molecule has 1 aliphatic carbocycles. The number of aryl methyl sites for hydroxylation is 2. The van der Waals surface area contributed by atoms with Crippen LogP contribution in [0.2, 0.25) is 5.02 Å². The number of halogens is 2. The van der Waals surface area contributed by atoms with Crippen LogP contribution in [0.5, 0.6) is 0 Å². The summed E-state index contributed by atoms with van der Waals surface area (Å²) in [7, 11) is 1.51. The molecule has 0 spiro atoms. The van der Waals surface area contributed by atoms with Crippen LogP contribution in [-0.2, 0) is 13.6 Å². The van der Waals surface area contributed by atoms with Crippen molar-refractivity contribution in [1.29, 1.82) is 0 Å². The Balaban J connectivity index is 2.00. The number of carbonyl (C=O) groups excluding carboxylic acids is 1. The maximum atomic E-state index is 14.5. The fraction of sp³-hybridized carbons (Fsp3) is 0.429. The molecule has 1 amide bonds. The monoisotopic (exact) mass is 389 g/mol. The summed E-state index contributed by atoms with van der Waals surface area (Å²) in [6.07, 6.45) is 1.87. The molecule has 1 saturated carbocycles. The molecule has 1 aliphatic rings. The zero-order chi connectivity index (χ0) is 19.9. The third kappa shape index (κ3) is 3.93. The van der Waals surface area contributed by atoms with Gasteiger partial charge in [0.1, 0.15) is 5.56 Å². The number of amides is 1. The van der Waals surface area contributed by atoms with E-state index in [1.165, 1.54) is 12.6 Å². The third-order valence-electron chi connectivity index (χ3n) is 5.18. The molecule has 0 saturated heterocycles. The molecule has 4 nitrogen and oxygen atoms in total. The van der Waals surface area contributed by atoms with Gasteiger partial charge in [0.25, 0.3) is 5.91 Å². The molecule has 0 N–H and O–H groups in total. The van der Waals surface area contributed by atoms with Gasteiger partial charge in [0, 0.05) is 24.7 Å². The number of rotatable bonds is 5. The Labute approximate surface area is 164 Å². The van der Waals surface area contributed by atoms with Crippen LogP contribution in [0.1, 0.15) is 60.8 Å². The number of hydrogen-bond donors (Lipinski definition) is 0. The Morgan fingerprint density at radius 3 is 2.52 bits per heavy atom. The quantitative estimate of drug-likeness (QED) is 0.710. The van der Waals surface area contributed by atoms with Crippen molar-refractivity contribution in [2.24, 2.45) is 7.05 Å². The van der Waals surface area contributed by atoms with Crippen molar-refractivity contribution < 1.29 is 9.18 Å². The SMILES string of the molecule is CC(C)=C(C)c1ccc(Cl)cc1CN(C(=O)c1c(C)nn(C)c1F)C1CC1. The van der Waals surface area contributed by atoms with Gasteiger partial charge in [0.15, 0.2) is 0 Å². The standard InChI is InChI=1S/C21H25ClFN3O/c1-12(2)13(3)18-9-6-16(22)10-15(18)11-26(17-7-8-17)21(27)19-14(4)24-25(5)20(19)23/h6,9-10,17H,7-8,11H2,1-5H3. The van der Waals surface area contributed by atoms with Crippen molar-refractivity contribution in [2.45, 2.75) is 53.1 Å². The Morgan fingerprint density at radius 1 is 1.33 bits per heavy atom. The van der Waals surface area contributed by atoms with Gasteiger partial charge >= 0.3 is 0 Å². The number of nitrogens with zero attached hydrogens (tertiary/aromatic N) is 3. The van der Waals surface area contributed by atoms with Gasteiger partial charge in [-0.2, -0.15) is 9.49 Å². The highest BCUT2D eigenvalue weighted by Crippen LogP contribution is 2.33. The van der Waals surface area contributed by atoms with Gasteiger partial charge < -0.3 is 4.90 Å². The topological polar surface area (TPSA) is 38.1 Å². The van der Waals surface area contributed by atoms with Crippen LogP contribution in [-0.4, -0.2) is 26.6 Å². The average Bonchev–Trinajstić information content (AvgIpc) is 3.39. The molecule has 144 valence electrons. The van der Waals surface area contributed by atoms with Crippen molar-refractivity contribution in [3.05, 3.63) is 57.1 Å². The lowest BCUT2D eigenvalue weighted by molar-refractivity contribution is 0.0723. The molecule has 0 radical (unpaired) electrons. The van der Waals surface area contributed by atoms with Gasteiger partial charge in [0.05, 0.1) is 5.69 Å². The summed E-state index contributed by atoms with van der Waals surface area (Å²) in [4.78, 5) is 14.9. The minimum Gasteiger partial charge on any atom is -0.331 e. The maximum absolute atomic E-state index is 14.5. The zero-order valence-electron chi connectivity index (χ0n) is 16.4. The minimum atomic E-state index is -0.588. The molecule has 0 atom stereocenters. The van der Waals surface area contributed by atoms with Gasteiger partial charge in [-0.25, -0.2) is 4.68 Å². The number of carbonyl (C=O) groups is 1. The van der Waals surface area contributed by atoms with Crippen LogP contribution in [0.25, 0.3) is 5.57 Å². The first kappa shape index (κ1) is 19.6. The summed E-state index contributed by atoms with van der Waals surface area (Å²) in [5.74, 6) is -0.892. The molecule has 6 heteroatoms. The van der Waals surface area contributed by atoms with Gasteiger partial charge in [-0.05, 0) is 69.4 Å². The van der Waals surface area contributed by atoms with Gasteiger partial charge in [-0.1, -0.05) is 23.2 Å². The molecule has 1 fully saturated rings. The summed E-state index contributed by atoms with van der Waals surface area (Å²) in [5.41, 5.74) is 4.89. The van der Waals surface area contributed by atoms with Gasteiger partial charge in [-0.3, -0.25) is 4.79 Å². The molecule has 27 heavy (non-hydrogen) atoms. The highest BCUT2D eigenvalue weighted by molar-refractivity contribution is 6.30. The molecule has 1 aromatic carbocycles. The van der Waals surface area contributed by atoms with Crippen LogP contribution in [0.4, 0.5) is 4.39 Å². The van der Waals surface area contributed by atoms with E-state index in [9.17, 15) is 9.18 Å². The third-order valence-corrected chi connectivity index (χ3v) is 5.41. The predicted octanol–water partition coefficient (Wildman–Crippen LogP) is 5.14. The van der Waals surface area contributed by atoms with Crippen molar-refractivity contribution in [1.82, 2.24) is 14.7 Å². The highest BCUT2D eigenvalue weighted by Gasteiger charge is 2.36. The van der Waals surface area contributed by atoms with Crippen molar-refractivity contribution >= 4 is 23.1 Å². The van der Waals surface area contributed by atoms with Crippen LogP contribution in [0, 0.1) is 12.9 Å². The van der Waals surface area contributed by atoms with Crippen LogP contribution in [0.15, 0.2) is 23.8 Å². The Hall–Kier alpha value is -2.14. The first-order chi connectivity index (χ1) is 12.7. The largest absolute Gasteiger partial charge is 0.331 e. The summed E-state index contributed by atoms with van der Waals surface area (Å²) in [5, 5.41) is 4.68. The molecule has 0 unspecified atom stereocenters. The molecular formula is C21H25ClFN3O. The van der Waals surface area contributed by atoms with E-state index in [1.807, 2.05) is 18.2 Å². The Kier molecular flexibility index (Phi) is 5.43. The molecule has 2 aromatic rings. The van der Waals surface area contributed by atoms with E-state index < -0.39 is 5.95 Å². The van der Waals surface area contributed by atoms with Crippen molar-refractivity contribution in [2.75, 3.05) is 0 Å². The van der Waals surface area contributed by atoms with E-state index in [0.29, 0.717) is 17.3 Å². The number of aromatic nitrogens is 2. The minimum absolute atomic E-state index is 0.0620. The van der Waals surface area contributed by atoms with Crippen LogP contribution < -0.4 is 0 Å². The Morgan fingerprint density at radius 2 is 2.00 bits per heavy atom. The van der Waals surface area contributed by atoms with E-state index >= 15 is 0 Å². The predicted molar refractivity (Wildman–Crippen MR) is 106 cm³/mol.